The molecule has 9 nitrogen and oxygen atoms in total. The molecule has 304 valence electrons. The smallest absolute Gasteiger partial charge is 0.462 e. The first-order valence-electron chi connectivity index (χ1n) is 20.3. The first kappa shape index (κ1) is 50.5. The van der Waals surface area contributed by atoms with Crippen LogP contribution in [0.25, 0.3) is 0 Å². The van der Waals surface area contributed by atoms with Crippen molar-refractivity contribution in [2.75, 3.05) is 13.2 Å². The van der Waals surface area contributed by atoms with E-state index in [1.165, 1.54) is 70.6 Å². The minimum absolute atomic E-state index is 0.0884. The van der Waals surface area contributed by atoms with Gasteiger partial charge >= 0.3 is 19.8 Å². The zero-order valence-electron chi connectivity index (χ0n) is 33.0. The number of phosphoric acid groups is 1. The normalized spacial score (nSPS) is 13.8. The molecular formula is C43H73O9P. The third kappa shape index (κ3) is 40.5. The van der Waals surface area contributed by atoms with Crippen molar-refractivity contribution in [3.63, 3.8) is 0 Å². The van der Waals surface area contributed by atoms with E-state index in [1.54, 1.807) is 12.2 Å². The average molecular weight is 765 g/mol. The number of ether oxygens (including phenoxy) is 2. The number of aliphatic hydroxyl groups is 1. The van der Waals surface area contributed by atoms with Crippen molar-refractivity contribution in [3.8, 4) is 0 Å². The van der Waals surface area contributed by atoms with Gasteiger partial charge < -0.3 is 24.4 Å². The van der Waals surface area contributed by atoms with Gasteiger partial charge in [0.2, 0.25) is 0 Å². The van der Waals surface area contributed by atoms with Crippen molar-refractivity contribution in [1.82, 2.24) is 0 Å². The van der Waals surface area contributed by atoms with Crippen LogP contribution in [0, 0.1) is 0 Å². The first-order valence-corrected chi connectivity index (χ1v) is 21.9. The van der Waals surface area contributed by atoms with Gasteiger partial charge in [0, 0.05) is 12.8 Å². The second-order valence-electron chi connectivity index (χ2n) is 13.4. The van der Waals surface area contributed by atoms with Gasteiger partial charge in [-0.2, -0.15) is 0 Å². The lowest BCUT2D eigenvalue weighted by atomic mass is 10.0. The van der Waals surface area contributed by atoms with Crippen LogP contribution < -0.4 is 0 Å². The molecule has 0 aromatic rings. The second kappa shape index (κ2) is 37.8. The van der Waals surface area contributed by atoms with E-state index in [9.17, 15) is 19.3 Å². The average Bonchev–Trinajstić information content (AvgIpc) is 3.12. The van der Waals surface area contributed by atoms with Crippen LogP contribution in [0.3, 0.4) is 0 Å². The molecule has 2 atom stereocenters. The van der Waals surface area contributed by atoms with E-state index < -0.39 is 38.6 Å². The number of unbranched alkanes of at least 4 members (excludes halogenated alkanes) is 14. The van der Waals surface area contributed by atoms with Crippen molar-refractivity contribution >= 4 is 19.8 Å². The molecule has 0 saturated heterocycles. The molecule has 0 spiro atoms. The summed E-state index contributed by atoms with van der Waals surface area (Å²) in [5, 5.41) is 10.2. The number of carbonyl (C=O) groups is 2. The van der Waals surface area contributed by atoms with Crippen molar-refractivity contribution in [2.24, 2.45) is 0 Å². The number of rotatable bonds is 36. The van der Waals surface area contributed by atoms with Gasteiger partial charge in [-0.05, 0) is 44.9 Å². The number of aliphatic hydroxyl groups excluding tert-OH is 1. The first-order chi connectivity index (χ1) is 25.7. The number of hydrogen-bond donors (Lipinski definition) is 3. The molecule has 1 unspecified atom stereocenters. The van der Waals surface area contributed by atoms with Crippen LogP contribution in [0.2, 0.25) is 0 Å². The summed E-state index contributed by atoms with van der Waals surface area (Å²) in [6, 6.07) is 0. The maximum Gasteiger partial charge on any atom is 0.469 e. The molecule has 10 heteroatoms. The maximum atomic E-state index is 12.4. The lowest BCUT2D eigenvalue weighted by Crippen LogP contribution is -2.29. The van der Waals surface area contributed by atoms with Crippen LogP contribution >= 0.6 is 7.82 Å². The standard InChI is InChI=1S/C43H73O9P/c1-3-5-7-9-11-13-15-17-19-21-22-24-26-28-30-32-34-40(44)36-37-43(46)52-41(39-51-53(47,48)49)38-50-42(45)35-33-31-29-27-25-23-20-18-16-14-12-10-8-6-4-2/h5,7,11,13,17,19,22,24,28,30,32,34,40-41,44H,3-4,6,8-10,12,14-16,18,20-21,23,25-27,29,31,33,35-39H2,1-2H3,(H2,47,48,49)/b7-5-,13-11-,19-17-,24-22-,30-28-,34-32-/t40?,41-/m1/s1. The Morgan fingerprint density at radius 2 is 1.06 bits per heavy atom. The molecule has 0 aromatic carbocycles. The molecular weight excluding hydrogens is 691 g/mol. The van der Waals surface area contributed by atoms with Crippen molar-refractivity contribution in [1.29, 1.82) is 0 Å². The van der Waals surface area contributed by atoms with Gasteiger partial charge in [-0.3, -0.25) is 14.1 Å². The predicted molar refractivity (Wildman–Crippen MR) is 217 cm³/mol. The summed E-state index contributed by atoms with van der Waals surface area (Å²) >= 11 is 0. The van der Waals surface area contributed by atoms with Gasteiger partial charge in [-0.1, -0.05) is 177 Å². The van der Waals surface area contributed by atoms with Gasteiger partial charge in [0.25, 0.3) is 0 Å². The molecule has 0 aliphatic carbocycles. The summed E-state index contributed by atoms with van der Waals surface area (Å²) in [5.41, 5.74) is 0. The minimum Gasteiger partial charge on any atom is -0.462 e. The monoisotopic (exact) mass is 764 g/mol. The van der Waals surface area contributed by atoms with E-state index >= 15 is 0 Å². The lowest BCUT2D eigenvalue weighted by Gasteiger charge is -2.18. The Balaban J connectivity index is 4.19. The Morgan fingerprint density at radius 3 is 1.55 bits per heavy atom. The molecule has 0 aliphatic rings. The summed E-state index contributed by atoms with van der Waals surface area (Å²) in [6.07, 6.45) is 45.2. The highest BCUT2D eigenvalue weighted by Gasteiger charge is 2.23. The quantitative estimate of drug-likeness (QED) is 0.0187. The molecule has 0 heterocycles. The molecule has 53 heavy (non-hydrogen) atoms. The summed E-state index contributed by atoms with van der Waals surface area (Å²) in [4.78, 5) is 42.8. The molecule has 3 N–H and O–H groups in total. The van der Waals surface area contributed by atoms with Gasteiger partial charge in [-0.25, -0.2) is 4.57 Å². The van der Waals surface area contributed by atoms with E-state index in [1.807, 2.05) is 12.2 Å². The number of hydrogen-bond acceptors (Lipinski definition) is 7. The van der Waals surface area contributed by atoms with Gasteiger partial charge in [0.05, 0.1) is 12.7 Å². The van der Waals surface area contributed by atoms with Crippen LogP contribution in [-0.2, 0) is 28.2 Å². The topological polar surface area (TPSA) is 140 Å². The van der Waals surface area contributed by atoms with Gasteiger partial charge in [0.15, 0.2) is 6.10 Å². The fourth-order valence-electron chi connectivity index (χ4n) is 5.31. The van der Waals surface area contributed by atoms with E-state index in [0.717, 1.165) is 51.4 Å². The summed E-state index contributed by atoms with van der Waals surface area (Å²) < 4.78 is 26.2. The Kier molecular flexibility index (Phi) is 35.9. The summed E-state index contributed by atoms with van der Waals surface area (Å²) in [5.74, 6) is -1.17. The Morgan fingerprint density at radius 1 is 0.585 bits per heavy atom. The van der Waals surface area contributed by atoms with Crippen molar-refractivity contribution in [3.05, 3.63) is 72.9 Å². The molecule has 0 aliphatic heterocycles. The van der Waals surface area contributed by atoms with Crippen molar-refractivity contribution < 1.29 is 43.0 Å². The Bertz CT molecular complexity index is 1100. The lowest BCUT2D eigenvalue weighted by molar-refractivity contribution is -0.161. The third-order valence-electron chi connectivity index (χ3n) is 8.36. The predicted octanol–water partition coefficient (Wildman–Crippen LogP) is 11.3. The fourth-order valence-corrected chi connectivity index (χ4v) is 5.67. The zero-order valence-corrected chi connectivity index (χ0v) is 33.9. The molecule has 0 bridgehead atoms. The van der Waals surface area contributed by atoms with Crippen LogP contribution in [0.4, 0.5) is 0 Å². The van der Waals surface area contributed by atoms with Crippen LogP contribution in [-0.4, -0.2) is 52.3 Å². The highest BCUT2D eigenvalue weighted by Crippen LogP contribution is 2.36. The Hall–Kier alpha value is -2.55. The molecule has 0 rings (SSSR count). The van der Waals surface area contributed by atoms with Gasteiger partial charge in [0.1, 0.15) is 6.61 Å². The SMILES string of the molecule is CC/C=C\C/C=C\C/C=C\C/C=C\C/C=C\C=C/C(O)CCC(=O)O[C@H](COC(=O)CCCCCCCCCCCCCCCCC)COP(=O)(O)O. The van der Waals surface area contributed by atoms with Crippen molar-refractivity contribution in [2.45, 2.75) is 174 Å². The molecule has 0 amide bonds. The summed E-state index contributed by atoms with van der Waals surface area (Å²) in [7, 11) is -4.82. The molecule has 0 saturated carbocycles. The van der Waals surface area contributed by atoms with Crippen LogP contribution in [0.15, 0.2) is 72.9 Å². The summed E-state index contributed by atoms with van der Waals surface area (Å²) in [6.45, 7) is 3.36. The fraction of sp³-hybridized carbons (Fsp3) is 0.674. The minimum atomic E-state index is -4.82. The maximum absolute atomic E-state index is 12.4. The highest BCUT2D eigenvalue weighted by atomic mass is 31.2. The number of allylic oxidation sites excluding steroid dienone is 11. The second-order valence-corrected chi connectivity index (χ2v) is 14.7. The molecule has 0 radical (unpaired) electrons. The molecule has 0 fully saturated rings. The van der Waals surface area contributed by atoms with E-state index in [4.69, 9.17) is 19.3 Å². The Labute approximate surface area is 322 Å². The number of phosphoric ester groups is 1. The van der Waals surface area contributed by atoms with Gasteiger partial charge in [-0.15, -0.1) is 0 Å². The zero-order chi connectivity index (χ0) is 39.1. The largest absolute Gasteiger partial charge is 0.469 e. The van der Waals surface area contributed by atoms with Crippen LogP contribution in [0.1, 0.15) is 162 Å². The third-order valence-corrected chi connectivity index (χ3v) is 8.84. The number of esters is 2. The van der Waals surface area contributed by atoms with E-state index in [-0.39, 0.29) is 25.9 Å². The van der Waals surface area contributed by atoms with Crippen LogP contribution in [0.5, 0.6) is 0 Å². The highest BCUT2D eigenvalue weighted by molar-refractivity contribution is 7.46. The van der Waals surface area contributed by atoms with E-state index in [2.05, 4.69) is 67.0 Å². The van der Waals surface area contributed by atoms with E-state index in [0.29, 0.717) is 6.42 Å². The molecule has 0 aromatic heterocycles. The number of carbonyl (C=O) groups excluding carboxylic acids is 2.